The van der Waals surface area contributed by atoms with Gasteiger partial charge in [-0.05, 0) is 24.5 Å². The lowest BCUT2D eigenvalue weighted by molar-refractivity contribution is -0.124. The van der Waals surface area contributed by atoms with Crippen LogP contribution < -0.4 is 14.8 Å². The average molecular weight is 247 g/mol. The van der Waals surface area contributed by atoms with Gasteiger partial charge in [-0.25, -0.2) is 0 Å². The molecule has 4 rings (SSSR count). The van der Waals surface area contributed by atoms with Crippen LogP contribution in [0.4, 0.5) is 5.69 Å². The van der Waals surface area contributed by atoms with E-state index >= 15 is 0 Å². The van der Waals surface area contributed by atoms with E-state index in [-0.39, 0.29) is 12.7 Å². The molecule has 18 heavy (non-hydrogen) atoms. The van der Waals surface area contributed by atoms with Gasteiger partial charge in [0.2, 0.25) is 12.7 Å². The molecule has 0 saturated carbocycles. The van der Waals surface area contributed by atoms with E-state index in [4.69, 9.17) is 14.2 Å². The van der Waals surface area contributed by atoms with E-state index < -0.39 is 5.41 Å². The number of rotatable bonds is 0. The first-order valence-electron chi connectivity index (χ1n) is 6.13. The molecular weight excluding hydrogens is 234 g/mol. The van der Waals surface area contributed by atoms with Crippen molar-refractivity contribution in [2.24, 2.45) is 0 Å². The second-order valence-corrected chi connectivity index (χ2v) is 4.90. The quantitative estimate of drug-likeness (QED) is 0.753. The lowest BCUT2D eigenvalue weighted by atomic mass is 9.75. The maximum absolute atomic E-state index is 12.3. The van der Waals surface area contributed by atoms with Crippen molar-refractivity contribution in [2.75, 3.05) is 25.3 Å². The average Bonchev–Trinajstić information content (AvgIpc) is 2.94. The molecule has 1 aromatic carbocycles. The minimum Gasteiger partial charge on any atom is -0.454 e. The molecule has 0 bridgehead atoms. The number of ether oxygens (including phenoxy) is 3. The van der Waals surface area contributed by atoms with E-state index in [0.717, 1.165) is 29.8 Å². The van der Waals surface area contributed by atoms with Crippen molar-refractivity contribution >= 4 is 11.6 Å². The van der Waals surface area contributed by atoms with Crippen molar-refractivity contribution in [1.29, 1.82) is 0 Å². The van der Waals surface area contributed by atoms with Gasteiger partial charge in [0.1, 0.15) is 0 Å². The van der Waals surface area contributed by atoms with Crippen LogP contribution in [0.1, 0.15) is 18.4 Å². The highest BCUT2D eigenvalue weighted by Gasteiger charge is 2.48. The van der Waals surface area contributed by atoms with Gasteiger partial charge in [-0.2, -0.15) is 0 Å². The Bertz CT molecular complexity index is 534. The molecule has 3 aliphatic heterocycles. The van der Waals surface area contributed by atoms with E-state index in [2.05, 4.69) is 5.32 Å². The molecule has 0 radical (unpaired) electrons. The summed E-state index contributed by atoms with van der Waals surface area (Å²) in [5.41, 5.74) is 1.44. The van der Waals surface area contributed by atoms with Crippen molar-refractivity contribution < 1.29 is 19.0 Å². The zero-order chi connectivity index (χ0) is 12.2. The largest absolute Gasteiger partial charge is 0.454 e. The molecule has 1 amide bonds. The SMILES string of the molecule is O=C1Nc2cc3c(cc2C12CCOCC2)OCO3. The second kappa shape index (κ2) is 3.38. The van der Waals surface area contributed by atoms with Gasteiger partial charge in [0, 0.05) is 25.0 Å². The van der Waals surface area contributed by atoms with Crippen LogP contribution in [-0.4, -0.2) is 25.9 Å². The van der Waals surface area contributed by atoms with Gasteiger partial charge >= 0.3 is 0 Å². The number of hydrogen-bond donors (Lipinski definition) is 1. The summed E-state index contributed by atoms with van der Waals surface area (Å²) in [6.45, 7) is 1.50. The van der Waals surface area contributed by atoms with Crippen LogP contribution in [0.5, 0.6) is 11.5 Å². The number of hydrogen-bond acceptors (Lipinski definition) is 4. The highest BCUT2D eigenvalue weighted by Crippen LogP contribution is 2.49. The Morgan fingerprint density at radius 2 is 1.83 bits per heavy atom. The molecule has 1 saturated heterocycles. The zero-order valence-electron chi connectivity index (χ0n) is 9.82. The third kappa shape index (κ3) is 1.17. The van der Waals surface area contributed by atoms with Gasteiger partial charge in [-0.3, -0.25) is 4.79 Å². The summed E-state index contributed by atoms with van der Waals surface area (Å²) in [5.74, 6) is 1.51. The standard InChI is InChI=1S/C13H13NO4/c15-12-13(1-3-16-4-2-13)8-5-10-11(18-7-17-10)6-9(8)14-12/h5-6H,1-4,7H2,(H,14,15). The number of fused-ring (bicyclic) bond motifs is 3. The lowest BCUT2D eigenvalue weighted by Gasteiger charge is -2.31. The lowest BCUT2D eigenvalue weighted by Crippen LogP contribution is -2.39. The minimum atomic E-state index is -0.436. The number of carbonyl (C=O) groups excluding carboxylic acids is 1. The van der Waals surface area contributed by atoms with Crippen LogP contribution in [0.15, 0.2) is 12.1 Å². The fourth-order valence-electron chi connectivity index (χ4n) is 3.02. The maximum atomic E-state index is 12.3. The van der Waals surface area contributed by atoms with Crippen LogP contribution in [0.2, 0.25) is 0 Å². The molecule has 0 unspecified atom stereocenters. The summed E-state index contributed by atoms with van der Waals surface area (Å²) in [7, 11) is 0. The molecular formula is C13H13NO4. The molecule has 3 aliphatic rings. The molecule has 3 heterocycles. The van der Waals surface area contributed by atoms with Crippen molar-refractivity contribution in [3.63, 3.8) is 0 Å². The Morgan fingerprint density at radius 3 is 2.61 bits per heavy atom. The van der Waals surface area contributed by atoms with Crippen LogP contribution in [-0.2, 0) is 14.9 Å². The Balaban J connectivity index is 1.87. The van der Waals surface area contributed by atoms with Gasteiger partial charge in [0.05, 0.1) is 5.41 Å². The topological polar surface area (TPSA) is 56.8 Å². The third-order valence-electron chi connectivity index (χ3n) is 4.06. The summed E-state index contributed by atoms with van der Waals surface area (Å²) in [4.78, 5) is 12.3. The van der Waals surface area contributed by atoms with Gasteiger partial charge < -0.3 is 19.5 Å². The number of nitrogens with one attached hydrogen (secondary N) is 1. The molecule has 5 heteroatoms. The smallest absolute Gasteiger partial charge is 0.235 e. The fraction of sp³-hybridized carbons (Fsp3) is 0.462. The normalized spacial score (nSPS) is 23.0. The summed E-state index contributed by atoms with van der Waals surface area (Å²) >= 11 is 0. The minimum absolute atomic E-state index is 0.0736. The molecule has 94 valence electrons. The predicted molar refractivity (Wildman–Crippen MR) is 62.9 cm³/mol. The number of benzene rings is 1. The molecule has 0 aliphatic carbocycles. The first-order valence-corrected chi connectivity index (χ1v) is 6.13. The van der Waals surface area contributed by atoms with Gasteiger partial charge in [-0.15, -0.1) is 0 Å². The molecule has 1 N–H and O–H groups in total. The Labute approximate surface area is 104 Å². The predicted octanol–water partition coefficient (Wildman–Crippen LogP) is 1.42. The first kappa shape index (κ1) is 10.2. The number of anilines is 1. The fourth-order valence-corrected chi connectivity index (χ4v) is 3.02. The van der Waals surface area contributed by atoms with Crippen molar-refractivity contribution in [3.05, 3.63) is 17.7 Å². The molecule has 1 aromatic rings. The van der Waals surface area contributed by atoms with E-state index in [1.807, 2.05) is 12.1 Å². The molecule has 1 spiro atoms. The van der Waals surface area contributed by atoms with E-state index in [1.165, 1.54) is 0 Å². The molecule has 1 fully saturated rings. The van der Waals surface area contributed by atoms with Crippen LogP contribution in [0.25, 0.3) is 0 Å². The van der Waals surface area contributed by atoms with Crippen molar-refractivity contribution in [1.82, 2.24) is 0 Å². The zero-order valence-corrected chi connectivity index (χ0v) is 9.82. The summed E-state index contributed by atoms with van der Waals surface area (Å²) in [6, 6.07) is 3.81. The Morgan fingerprint density at radius 1 is 1.11 bits per heavy atom. The maximum Gasteiger partial charge on any atom is 0.235 e. The van der Waals surface area contributed by atoms with Crippen molar-refractivity contribution in [3.8, 4) is 11.5 Å². The van der Waals surface area contributed by atoms with E-state index in [1.54, 1.807) is 0 Å². The monoisotopic (exact) mass is 247 g/mol. The van der Waals surface area contributed by atoms with Crippen LogP contribution in [0, 0.1) is 0 Å². The Hall–Kier alpha value is -1.75. The van der Waals surface area contributed by atoms with Gasteiger partial charge in [0.25, 0.3) is 0 Å². The van der Waals surface area contributed by atoms with Crippen LogP contribution >= 0.6 is 0 Å². The van der Waals surface area contributed by atoms with E-state index in [0.29, 0.717) is 19.0 Å². The summed E-state index contributed by atoms with van der Waals surface area (Å²) in [5, 5.41) is 2.96. The second-order valence-electron chi connectivity index (χ2n) is 4.90. The first-order chi connectivity index (χ1) is 8.79. The summed E-state index contributed by atoms with van der Waals surface area (Å²) in [6.07, 6.45) is 1.46. The van der Waals surface area contributed by atoms with Crippen molar-refractivity contribution in [2.45, 2.75) is 18.3 Å². The highest BCUT2D eigenvalue weighted by atomic mass is 16.7. The number of amides is 1. The Kier molecular flexibility index (Phi) is 1.92. The van der Waals surface area contributed by atoms with Crippen LogP contribution in [0.3, 0.4) is 0 Å². The number of carbonyl (C=O) groups is 1. The molecule has 0 atom stereocenters. The van der Waals surface area contributed by atoms with E-state index in [9.17, 15) is 4.79 Å². The van der Waals surface area contributed by atoms with Gasteiger partial charge in [0.15, 0.2) is 11.5 Å². The third-order valence-corrected chi connectivity index (χ3v) is 4.06. The highest BCUT2D eigenvalue weighted by molar-refractivity contribution is 6.06. The molecule has 0 aromatic heterocycles. The molecule has 5 nitrogen and oxygen atoms in total. The summed E-state index contributed by atoms with van der Waals surface area (Å²) < 4.78 is 16.1. The van der Waals surface area contributed by atoms with Gasteiger partial charge in [-0.1, -0.05) is 0 Å².